The van der Waals surface area contributed by atoms with E-state index in [-0.39, 0.29) is 24.0 Å². The Morgan fingerprint density at radius 3 is 2.42 bits per heavy atom. The van der Waals surface area contributed by atoms with Crippen molar-refractivity contribution >= 4 is 41.3 Å². The lowest BCUT2D eigenvalue weighted by molar-refractivity contribution is -0.181. The first-order valence-electron chi connectivity index (χ1n) is 11.0. The van der Waals surface area contributed by atoms with Gasteiger partial charge in [0.1, 0.15) is 6.04 Å². The van der Waals surface area contributed by atoms with Crippen LogP contribution in [0.2, 0.25) is 0 Å². The standard InChI is InChI=1S/C21H34F3N5S.HI/c1-3-25-20(29-12-10-28(11-13-29)17(2)21(22,23)24)26-15-18-6-8-27(9-7-18)16-19-5-4-14-30-19;/h4-5,14,17-18H,3,6-13,15-16H2,1-2H3,(H,25,26);1H. The molecule has 0 aliphatic carbocycles. The summed E-state index contributed by atoms with van der Waals surface area (Å²) in [4.78, 5) is 12.4. The maximum atomic E-state index is 13.0. The zero-order chi connectivity index (χ0) is 21.6. The number of aliphatic imine (C=N–C) groups is 1. The molecule has 1 unspecified atom stereocenters. The van der Waals surface area contributed by atoms with E-state index in [0.29, 0.717) is 32.1 Å². The van der Waals surface area contributed by atoms with Crippen molar-refractivity contribution < 1.29 is 13.2 Å². The van der Waals surface area contributed by atoms with Crippen LogP contribution in [0.1, 0.15) is 31.6 Å². The monoisotopic (exact) mass is 573 g/mol. The second kappa shape index (κ2) is 12.6. The van der Waals surface area contributed by atoms with Crippen LogP contribution in [0.3, 0.4) is 0 Å². The van der Waals surface area contributed by atoms with Crippen molar-refractivity contribution in [3.63, 3.8) is 0 Å². The van der Waals surface area contributed by atoms with Gasteiger partial charge in [0.15, 0.2) is 5.96 Å². The predicted octanol–water partition coefficient (Wildman–Crippen LogP) is 4.11. The topological polar surface area (TPSA) is 34.1 Å². The lowest BCUT2D eigenvalue weighted by atomic mass is 9.97. The van der Waals surface area contributed by atoms with Crippen molar-refractivity contribution in [1.29, 1.82) is 0 Å². The first-order chi connectivity index (χ1) is 14.4. The van der Waals surface area contributed by atoms with Gasteiger partial charge in [-0.25, -0.2) is 0 Å². The Balaban J connectivity index is 0.00000341. The number of likely N-dealkylation sites (tertiary alicyclic amines) is 1. The van der Waals surface area contributed by atoms with Crippen LogP contribution in [0.5, 0.6) is 0 Å². The quantitative estimate of drug-likeness (QED) is 0.316. The molecule has 5 nitrogen and oxygen atoms in total. The number of nitrogens with zero attached hydrogens (tertiary/aromatic N) is 4. The molecule has 31 heavy (non-hydrogen) atoms. The van der Waals surface area contributed by atoms with E-state index in [0.717, 1.165) is 51.5 Å². The van der Waals surface area contributed by atoms with Gasteiger partial charge < -0.3 is 10.2 Å². The summed E-state index contributed by atoms with van der Waals surface area (Å²) >= 11 is 1.81. The van der Waals surface area contributed by atoms with Crippen LogP contribution in [0.4, 0.5) is 13.2 Å². The summed E-state index contributed by atoms with van der Waals surface area (Å²) < 4.78 is 38.9. The minimum absolute atomic E-state index is 0. The summed E-state index contributed by atoms with van der Waals surface area (Å²) in [6.07, 6.45) is -1.88. The molecule has 1 aromatic rings. The second-order valence-electron chi connectivity index (χ2n) is 8.23. The average Bonchev–Trinajstić information content (AvgIpc) is 3.24. The number of piperidine rings is 1. The third-order valence-electron chi connectivity index (χ3n) is 6.14. The number of halogens is 4. The number of rotatable bonds is 6. The zero-order valence-corrected chi connectivity index (χ0v) is 21.6. The van der Waals surface area contributed by atoms with Crippen molar-refractivity contribution in [3.05, 3.63) is 22.4 Å². The number of thiophene rings is 1. The highest BCUT2D eigenvalue weighted by molar-refractivity contribution is 14.0. The van der Waals surface area contributed by atoms with Gasteiger partial charge in [-0.2, -0.15) is 13.2 Å². The van der Waals surface area contributed by atoms with E-state index in [1.54, 1.807) is 0 Å². The minimum Gasteiger partial charge on any atom is -0.357 e. The maximum absolute atomic E-state index is 13.0. The fourth-order valence-electron chi connectivity index (χ4n) is 4.12. The Labute approximate surface area is 205 Å². The highest BCUT2D eigenvalue weighted by atomic mass is 127. The third kappa shape index (κ3) is 8.04. The Bertz CT molecular complexity index is 654. The Morgan fingerprint density at radius 1 is 1.19 bits per heavy atom. The van der Waals surface area contributed by atoms with Crippen LogP contribution in [0, 0.1) is 5.92 Å². The molecule has 0 amide bonds. The molecule has 2 saturated heterocycles. The summed E-state index contributed by atoms with van der Waals surface area (Å²) in [5.74, 6) is 1.42. The van der Waals surface area contributed by atoms with Crippen LogP contribution < -0.4 is 5.32 Å². The molecule has 1 atom stereocenters. The van der Waals surface area contributed by atoms with Crippen molar-refractivity contribution in [2.24, 2.45) is 10.9 Å². The molecule has 178 valence electrons. The largest absolute Gasteiger partial charge is 0.403 e. The van der Waals surface area contributed by atoms with Crippen molar-refractivity contribution in [2.75, 3.05) is 52.4 Å². The second-order valence-corrected chi connectivity index (χ2v) is 9.27. The van der Waals surface area contributed by atoms with Gasteiger partial charge >= 0.3 is 6.18 Å². The SMILES string of the molecule is CCNC(=NCC1CCN(Cc2cccs2)CC1)N1CCN(C(C)C(F)(F)F)CC1.I. The van der Waals surface area contributed by atoms with Gasteiger partial charge in [-0.1, -0.05) is 6.07 Å². The van der Waals surface area contributed by atoms with E-state index in [2.05, 4.69) is 32.6 Å². The van der Waals surface area contributed by atoms with Crippen LogP contribution in [0.15, 0.2) is 22.5 Å². The Kier molecular flexibility index (Phi) is 10.8. The molecule has 0 spiro atoms. The highest BCUT2D eigenvalue weighted by Crippen LogP contribution is 2.25. The first-order valence-corrected chi connectivity index (χ1v) is 11.8. The maximum Gasteiger partial charge on any atom is 0.403 e. The van der Waals surface area contributed by atoms with Crippen LogP contribution in [0.25, 0.3) is 0 Å². The summed E-state index contributed by atoms with van der Waals surface area (Å²) in [5.41, 5.74) is 0. The number of guanidine groups is 1. The van der Waals surface area contributed by atoms with Gasteiger partial charge in [-0.05, 0) is 57.1 Å². The Morgan fingerprint density at radius 2 is 1.87 bits per heavy atom. The molecule has 2 aliphatic rings. The van der Waals surface area contributed by atoms with Crippen molar-refractivity contribution in [2.45, 2.75) is 45.5 Å². The molecule has 0 saturated carbocycles. The van der Waals surface area contributed by atoms with E-state index in [1.165, 1.54) is 16.7 Å². The van der Waals surface area contributed by atoms with E-state index in [9.17, 15) is 13.2 Å². The lowest BCUT2D eigenvalue weighted by Crippen LogP contribution is -2.56. The highest BCUT2D eigenvalue weighted by Gasteiger charge is 2.41. The van der Waals surface area contributed by atoms with E-state index < -0.39 is 12.2 Å². The van der Waals surface area contributed by atoms with Gasteiger partial charge in [-0.3, -0.25) is 14.8 Å². The number of alkyl halides is 3. The molecule has 3 heterocycles. The van der Waals surface area contributed by atoms with Gasteiger partial charge in [0, 0.05) is 50.7 Å². The van der Waals surface area contributed by atoms with Crippen molar-refractivity contribution in [3.8, 4) is 0 Å². The molecule has 2 aliphatic heterocycles. The zero-order valence-electron chi connectivity index (χ0n) is 18.4. The molecule has 1 aromatic heterocycles. The predicted molar refractivity (Wildman–Crippen MR) is 132 cm³/mol. The van der Waals surface area contributed by atoms with Gasteiger partial charge in [-0.15, -0.1) is 35.3 Å². The fraction of sp³-hybridized carbons (Fsp3) is 0.762. The number of hydrogen-bond acceptors (Lipinski definition) is 4. The number of nitrogens with one attached hydrogen (secondary N) is 1. The summed E-state index contributed by atoms with van der Waals surface area (Å²) in [6.45, 7) is 10.0. The van der Waals surface area contributed by atoms with E-state index in [4.69, 9.17) is 4.99 Å². The summed E-state index contributed by atoms with van der Waals surface area (Å²) in [6, 6.07) is 2.91. The molecule has 10 heteroatoms. The molecule has 3 rings (SSSR count). The normalized spacial score (nSPS) is 21.1. The molecular formula is C21H35F3IN5S. The fourth-order valence-corrected chi connectivity index (χ4v) is 4.87. The van der Waals surface area contributed by atoms with Gasteiger partial charge in [0.25, 0.3) is 0 Å². The molecule has 1 N–H and O–H groups in total. The number of hydrogen-bond donors (Lipinski definition) is 1. The van der Waals surface area contributed by atoms with Crippen molar-refractivity contribution in [1.82, 2.24) is 20.0 Å². The van der Waals surface area contributed by atoms with Gasteiger partial charge in [0.2, 0.25) is 0 Å². The molecule has 0 radical (unpaired) electrons. The molecule has 0 bridgehead atoms. The summed E-state index contributed by atoms with van der Waals surface area (Å²) in [7, 11) is 0. The smallest absolute Gasteiger partial charge is 0.357 e. The van der Waals surface area contributed by atoms with Crippen LogP contribution >= 0.6 is 35.3 Å². The lowest BCUT2D eigenvalue weighted by Gasteiger charge is -2.40. The third-order valence-corrected chi connectivity index (χ3v) is 7.00. The van der Waals surface area contributed by atoms with Gasteiger partial charge in [0.05, 0.1) is 0 Å². The average molecular weight is 574 g/mol. The molecule has 2 fully saturated rings. The van der Waals surface area contributed by atoms with E-state index >= 15 is 0 Å². The van der Waals surface area contributed by atoms with Crippen LogP contribution in [-0.4, -0.2) is 85.2 Å². The minimum atomic E-state index is -4.17. The first kappa shape index (κ1) is 26.7. The number of piperazine rings is 1. The molecular weight excluding hydrogens is 538 g/mol. The van der Waals surface area contributed by atoms with E-state index in [1.807, 2.05) is 18.3 Å². The Hall–Kier alpha value is -0.590. The van der Waals surface area contributed by atoms with Crippen LogP contribution in [-0.2, 0) is 6.54 Å². The molecule has 0 aromatic carbocycles. The summed E-state index contributed by atoms with van der Waals surface area (Å²) in [5, 5.41) is 5.46.